The van der Waals surface area contributed by atoms with E-state index < -0.39 is 0 Å². The summed E-state index contributed by atoms with van der Waals surface area (Å²) in [6, 6.07) is 28.0. The van der Waals surface area contributed by atoms with Crippen molar-refractivity contribution in [3.05, 3.63) is 98.3 Å². The lowest BCUT2D eigenvalue weighted by molar-refractivity contribution is 1.66. The van der Waals surface area contributed by atoms with Crippen molar-refractivity contribution in [3.63, 3.8) is 0 Å². The van der Waals surface area contributed by atoms with Gasteiger partial charge in [-0.05, 0) is 35.6 Å². The molecule has 3 aromatic carbocycles. The maximum Gasteiger partial charge on any atom is 0.0246 e. The highest BCUT2D eigenvalue weighted by molar-refractivity contribution is 9.11. The van der Waals surface area contributed by atoms with E-state index in [1.165, 1.54) is 5.30 Å². The third kappa shape index (κ3) is 9.53. The zero-order chi connectivity index (χ0) is 16.2. The number of halogens is 3. The molecule has 114 valence electrons. The summed E-state index contributed by atoms with van der Waals surface area (Å²) in [4.78, 5) is 0. The van der Waals surface area contributed by atoms with E-state index in [0.29, 0.717) is 0 Å². The van der Waals surface area contributed by atoms with Crippen molar-refractivity contribution in [2.24, 2.45) is 0 Å². The Morgan fingerprint density at radius 1 is 0.500 bits per heavy atom. The Morgan fingerprint density at radius 2 is 0.864 bits per heavy atom. The summed E-state index contributed by atoms with van der Waals surface area (Å²) in [5.74, 6) is 0. The minimum absolute atomic E-state index is 1.13. The van der Waals surface area contributed by atoms with E-state index in [0.717, 1.165) is 13.4 Å². The van der Waals surface area contributed by atoms with Crippen LogP contribution in [0.5, 0.6) is 0 Å². The van der Waals surface area contributed by atoms with Gasteiger partial charge in [-0.3, -0.25) is 0 Å². The first-order valence-electron chi connectivity index (χ1n) is 6.50. The van der Waals surface area contributed by atoms with Gasteiger partial charge in [-0.1, -0.05) is 102 Å². The van der Waals surface area contributed by atoms with Crippen LogP contribution in [0.2, 0.25) is 0 Å². The Bertz CT molecular complexity index is 584. The van der Waals surface area contributed by atoms with Crippen molar-refractivity contribution < 1.29 is 0 Å². The minimum atomic E-state index is 1.13. The molecule has 0 aliphatic heterocycles. The van der Waals surface area contributed by atoms with Crippen LogP contribution >= 0.6 is 57.0 Å². The molecular weight excluding hydrogens is 487 g/mol. The van der Waals surface area contributed by atoms with Crippen molar-refractivity contribution in [3.8, 4) is 0 Å². The van der Waals surface area contributed by atoms with E-state index in [2.05, 4.69) is 57.0 Å². The Labute approximate surface area is 159 Å². The number of hydrogen-bond acceptors (Lipinski definition) is 0. The second-order valence-electron chi connectivity index (χ2n) is 4.11. The van der Waals surface area contributed by atoms with E-state index in [9.17, 15) is 0 Å². The minimum Gasteiger partial charge on any atom is -0.104 e. The summed E-state index contributed by atoms with van der Waals surface area (Å²) in [5.41, 5.74) is 0. The molecule has 0 aromatic heterocycles. The summed E-state index contributed by atoms with van der Waals surface area (Å²) < 4.78 is 3.41. The van der Waals surface area contributed by atoms with E-state index in [-0.39, 0.29) is 0 Å². The predicted molar refractivity (Wildman–Crippen MR) is 112 cm³/mol. The largest absolute Gasteiger partial charge is 0.104 e. The van der Waals surface area contributed by atoms with Crippen molar-refractivity contribution in [1.29, 1.82) is 0 Å². The highest BCUT2D eigenvalue weighted by Gasteiger charge is 1.86. The Kier molecular flexibility index (Phi) is 10.7. The van der Waals surface area contributed by atoms with Crippen LogP contribution in [0.4, 0.5) is 0 Å². The van der Waals surface area contributed by atoms with Crippen molar-refractivity contribution in [1.82, 2.24) is 0 Å². The molecule has 4 heteroatoms. The van der Waals surface area contributed by atoms with Gasteiger partial charge >= 0.3 is 0 Å². The highest BCUT2D eigenvalue weighted by Crippen LogP contribution is 2.07. The van der Waals surface area contributed by atoms with Crippen LogP contribution in [0.25, 0.3) is 0 Å². The number of rotatable bonds is 0. The lowest BCUT2D eigenvalue weighted by Crippen LogP contribution is -1.88. The zero-order valence-electron chi connectivity index (χ0n) is 11.8. The van der Waals surface area contributed by atoms with Crippen molar-refractivity contribution in [2.45, 2.75) is 0 Å². The van der Waals surface area contributed by atoms with Gasteiger partial charge in [-0.25, -0.2) is 0 Å². The van der Waals surface area contributed by atoms with E-state index in [4.69, 9.17) is 0 Å². The van der Waals surface area contributed by atoms with Gasteiger partial charge in [0.25, 0.3) is 0 Å². The molecule has 0 bridgehead atoms. The quantitative estimate of drug-likeness (QED) is 0.295. The standard InChI is InChI=1S/C6H6BrP.2C6H5Br/c7-5-3-1-2-4-6(5)8;2*7-6-4-2-1-3-5-6/h1-4H,8H2;2*1-5H. The third-order valence-electron chi connectivity index (χ3n) is 2.37. The van der Waals surface area contributed by atoms with E-state index in [1.54, 1.807) is 0 Å². The molecule has 3 aromatic rings. The molecule has 0 spiro atoms. The monoisotopic (exact) mass is 500 g/mol. The van der Waals surface area contributed by atoms with Crippen LogP contribution in [0.3, 0.4) is 0 Å². The van der Waals surface area contributed by atoms with E-state index in [1.807, 2.05) is 84.9 Å². The fourth-order valence-electron chi connectivity index (χ4n) is 1.30. The molecule has 0 radical (unpaired) electrons. The van der Waals surface area contributed by atoms with Gasteiger partial charge < -0.3 is 0 Å². The molecular formula is C18H16Br3P. The normalized spacial score (nSPS) is 8.91. The molecule has 0 aliphatic rings. The first kappa shape index (κ1) is 19.6. The van der Waals surface area contributed by atoms with Crippen molar-refractivity contribution in [2.75, 3.05) is 0 Å². The Balaban J connectivity index is 0.000000166. The molecule has 0 N–H and O–H groups in total. The van der Waals surface area contributed by atoms with E-state index >= 15 is 0 Å². The van der Waals surface area contributed by atoms with Gasteiger partial charge in [0.05, 0.1) is 0 Å². The summed E-state index contributed by atoms with van der Waals surface area (Å²) in [7, 11) is 2.64. The van der Waals surface area contributed by atoms with Gasteiger partial charge in [-0.15, -0.1) is 9.24 Å². The van der Waals surface area contributed by atoms with Crippen LogP contribution in [0.1, 0.15) is 0 Å². The van der Waals surface area contributed by atoms with Crippen LogP contribution in [-0.4, -0.2) is 0 Å². The van der Waals surface area contributed by atoms with Crippen LogP contribution in [0.15, 0.2) is 98.3 Å². The SMILES string of the molecule is Brc1ccccc1.Brc1ccccc1.Pc1ccccc1Br. The number of hydrogen-bond donors (Lipinski definition) is 0. The highest BCUT2D eigenvalue weighted by atomic mass is 79.9. The van der Waals surface area contributed by atoms with Gasteiger partial charge in [0, 0.05) is 13.4 Å². The third-order valence-corrected chi connectivity index (χ3v) is 5.08. The predicted octanol–water partition coefficient (Wildman–Crippen LogP) is 6.85. The lowest BCUT2D eigenvalue weighted by Gasteiger charge is -1.91. The van der Waals surface area contributed by atoms with Gasteiger partial charge in [-0.2, -0.15) is 0 Å². The van der Waals surface area contributed by atoms with Crippen LogP contribution < -0.4 is 5.30 Å². The first-order chi connectivity index (χ1) is 10.6. The molecule has 3 rings (SSSR count). The fourth-order valence-corrected chi connectivity index (χ4v) is 2.41. The van der Waals surface area contributed by atoms with Gasteiger partial charge in [0.15, 0.2) is 0 Å². The van der Waals surface area contributed by atoms with Crippen molar-refractivity contribution >= 4 is 62.3 Å². The first-order valence-corrected chi connectivity index (χ1v) is 9.46. The van der Waals surface area contributed by atoms with Crippen LogP contribution in [-0.2, 0) is 0 Å². The maximum atomic E-state index is 3.37. The summed E-state index contributed by atoms with van der Waals surface area (Å²) in [5, 5.41) is 1.20. The summed E-state index contributed by atoms with van der Waals surface area (Å²) in [6.07, 6.45) is 0. The Morgan fingerprint density at radius 3 is 1.09 bits per heavy atom. The maximum absolute atomic E-state index is 3.37. The van der Waals surface area contributed by atoms with Gasteiger partial charge in [0.2, 0.25) is 0 Å². The smallest absolute Gasteiger partial charge is 0.0246 e. The molecule has 0 fully saturated rings. The average Bonchev–Trinajstić information content (AvgIpc) is 2.53. The molecule has 0 amide bonds. The summed E-state index contributed by atoms with van der Waals surface area (Å²) >= 11 is 10.00. The molecule has 22 heavy (non-hydrogen) atoms. The summed E-state index contributed by atoms with van der Waals surface area (Å²) in [6.45, 7) is 0. The molecule has 0 saturated carbocycles. The molecule has 0 heterocycles. The van der Waals surface area contributed by atoms with Gasteiger partial charge in [0.1, 0.15) is 0 Å². The molecule has 0 nitrogen and oxygen atoms in total. The number of benzene rings is 3. The zero-order valence-corrected chi connectivity index (χ0v) is 17.7. The molecule has 0 saturated heterocycles. The molecule has 1 unspecified atom stereocenters. The average molecular weight is 503 g/mol. The Hall–Kier alpha value is -0.470. The second-order valence-corrected chi connectivity index (χ2v) is 7.42. The topological polar surface area (TPSA) is 0 Å². The molecule has 0 aliphatic carbocycles. The second kappa shape index (κ2) is 12.0. The molecule has 1 atom stereocenters. The van der Waals surface area contributed by atoms with Crippen LogP contribution in [0, 0.1) is 0 Å². The fraction of sp³-hybridized carbons (Fsp3) is 0. The lowest BCUT2D eigenvalue weighted by atomic mass is 10.4.